The molecule has 0 heteroatoms. The van der Waals surface area contributed by atoms with Crippen molar-refractivity contribution in [3.63, 3.8) is 0 Å². The zero-order chi connectivity index (χ0) is 6.10. The van der Waals surface area contributed by atoms with Crippen molar-refractivity contribution < 1.29 is 0 Å². The molecule has 52 valence electrons. The van der Waals surface area contributed by atoms with Crippen LogP contribution in [0, 0.1) is 11.8 Å². The lowest BCUT2D eigenvalue weighted by Gasteiger charge is -2.24. The maximum atomic E-state index is 1.56. The summed E-state index contributed by atoms with van der Waals surface area (Å²) in [6.45, 7) is 0. The van der Waals surface area contributed by atoms with Crippen LogP contribution in [-0.4, -0.2) is 0 Å². The molecule has 0 N–H and O–H groups in total. The van der Waals surface area contributed by atoms with Crippen molar-refractivity contribution in [2.45, 2.75) is 44.9 Å². The minimum Gasteiger partial charge on any atom is -0.0528 e. The number of hydrogen-bond acceptors (Lipinski definition) is 0. The van der Waals surface area contributed by atoms with E-state index in [-0.39, 0.29) is 0 Å². The Bertz CT molecular complexity index is 88.2. The van der Waals surface area contributed by atoms with Gasteiger partial charge in [-0.2, -0.15) is 0 Å². The fourth-order valence-corrected chi connectivity index (χ4v) is 1.66. The Morgan fingerprint density at radius 1 is 0.778 bits per heavy atom. The molecule has 0 aromatic carbocycles. The van der Waals surface area contributed by atoms with Gasteiger partial charge in [-0.15, -0.1) is 0 Å². The van der Waals surface area contributed by atoms with Crippen LogP contribution in [0.1, 0.15) is 44.9 Å². The minimum atomic E-state index is 1.16. The standard InChI is InChI=1S/C9H16/c1-2-8(3-1)4-5-9-6-7-9/h8-9H,1-7H2. The van der Waals surface area contributed by atoms with Gasteiger partial charge in [-0.3, -0.25) is 0 Å². The third-order valence-corrected chi connectivity index (χ3v) is 2.90. The van der Waals surface area contributed by atoms with Crippen LogP contribution >= 0.6 is 0 Å². The van der Waals surface area contributed by atoms with Crippen molar-refractivity contribution >= 4 is 0 Å². The average molecular weight is 124 g/mol. The molecule has 2 aliphatic carbocycles. The summed E-state index contributed by atoms with van der Waals surface area (Å²) in [6.07, 6.45) is 10.8. The molecule has 0 radical (unpaired) electrons. The van der Waals surface area contributed by atoms with Crippen LogP contribution in [0.3, 0.4) is 0 Å². The molecular weight excluding hydrogens is 108 g/mol. The van der Waals surface area contributed by atoms with Crippen molar-refractivity contribution in [1.29, 1.82) is 0 Å². The van der Waals surface area contributed by atoms with E-state index in [4.69, 9.17) is 0 Å². The Balaban J connectivity index is 1.55. The minimum absolute atomic E-state index is 1.16. The lowest BCUT2D eigenvalue weighted by atomic mass is 9.82. The first kappa shape index (κ1) is 5.76. The van der Waals surface area contributed by atoms with Crippen molar-refractivity contribution in [3.05, 3.63) is 0 Å². The summed E-state index contributed by atoms with van der Waals surface area (Å²) < 4.78 is 0. The second kappa shape index (κ2) is 2.32. The molecule has 0 bridgehead atoms. The summed E-state index contributed by atoms with van der Waals surface area (Å²) in [5, 5.41) is 0. The van der Waals surface area contributed by atoms with E-state index in [1.54, 1.807) is 38.5 Å². The van der Waals surface area contributed by atoms with Gasteiger partial charge in [-0.05, 0) is 11.8 Å². The quantitative estimate of drug-likeness (QED) is 0.542. The first-order chi connectivity index (χ1) is 4.45. The van der Waals surface area contributed by atoms with Gasteiger partial charge in [0.25, 0.3) is 0 Å². The van der Waals surface area contributed by atoms with Crippen LogP contribution in [0.15, 0.2) is 0 Å². The molecule has 0 spiro atoms. The highest BCUT2D eigenvalue weighted by molar-refractivity contribution is 4.77. The summed E-state index contributed by atoms with van der Waals surface area (Å²) in [5.74, 6) is 2.33. The van der Waals surface area contributed by atoms with E-state index in [0.29, 0.717) is 0 Å². The topological polar surface area (TPSA) is 0 Å². The molecule has 2 saturated carbocycles. The Kier molecular flexibility index (Phi) is 1.48. The van der Waals surface area contributed by atoms with Gasteiger partial charge in [0, 0.05) is 0 Å². The van der Waals surface area contributed by atoms with Gasteiger partial charge >= 0.3 is 0 Å². The predicted octanol–water partition coefficient (Wildman–Crippen LogP) is 2.98. The molecule has 0 aromatic rings. The van der Waals surface area contributed by atoms with Gasteiger partial charge in [0.15, 0.2) is 0 Å². The molecule has 0 unspecified atom stereocenters. The van der Waals surface area contributed by atoms with Gasteiger partial charge in [0.05, 0.1) is 0 Å². The first-order valence-corrected chi connectivity index (χ1v) is 4.45. The van der Waals surface area contributed by atoms with E-state index in [1.165, 1.54) is 12.3 Å². The third-order valence-electron chi connectivity index (χ3n) is 2.90. The second-order valence-corrected chi connectivity index (χ2v) is 3.82. The van der Waals surface area contributed by atoms with E-state index in [0.717, 1.165) is 5.92 Å². The van der Waals surface area contributed by atoms with Gasteiger partial charge < -0.3 is 0 Å². The Morgan fingerprint density at radius 3 is 1.67 bits per heavy atom. The van der Waals surface area contributed by atoms with E-state index >= 15 is 0 Å². The highest BCUT2D eigenvalue weighted by Gasteiger charge is 2.24. The van der Waals surface area contributed by atoms with Crippen molar-refractivity contribution in [3.8, 4) is 0 Å². The molecule has 2 rings (SSSR count). The zero-order valence-electron chi connectivity index (χ0n) is 6.10. The molecule has 0 amide bonds. The van der Waals surface area contributed by atoms with E-state index in [1.807, 2.05) is 0 Å². The molecule has 9 heavy (non-hydrogen) atoms. The van der Waals surface area contributed by atoms with Crippen LogP contribution in [0.4, 0.5) is 0 Å². The molecular formula is C9H16. The fourth-order valence-electron chi connectivity index (χ4n) is 1.66. The Hall–Kier alpha value is 0. The predicted molar refractivity (Wildman–Crippen MR) is 39.3 cm³/mol. The summed E-state index contributed by atoms with van der Waals surface area (Å²) in [6, 6.07) is 0. The molecule has 0 atom stereocenters. The Morgan fingerprint density at radius 2 is 1.33 bits per heavy atom. The van der Waals surface area contributed by atoms with Crippen LogP contribution < -0.4 is 0 Å². The highest BCUT2D eigenvalue weighted by Crippen LogP contribution is 2.38. The van der Waals surface area contributed by atoms with Crippen molar-refractivity contribution in [1.82, 2.24) is 0 Å². The van der Waals surface area contributed by atoms with Crippen molar-refractivity contribution in [2.75, 3.05) is 0 Å². The molecule has 0 aromatic heterocycles. The molecule has 0 nitrogen and oxygen atoms in total. The normalized spacial score (nSPS) is 28.0. The van der Waals surface area contributed by atoms with Gasteiger partial charge in [0.2, 0.25) is 0 Å². The molecule has 2 fully saturated rings. The largest absolute Gasteiger partial charge is 0.0528 e. The van der Waals surface area contributed by atoms with E-state index in [9.17, 15) is 0 Å². The smallest absolute Gasteiger partial charge is 0.0414 e. The van der Waals surface area contributed by atoms with E-state index in [2.05, 4.69) is 0 Å². The Labute approximate surface area is 57.6 Å². The molecule has 2 aliphatic rings. The monoisotopic (exact) mass is 124 g/mol. The zero-order valence-corrected chi connectivity index (χ0v) is 6.10. The lowest BCUT2D eigenvalue weighted by Crippen LogP contribution is -2.10. The summed E-state index contributed by atoms with van der Waals surface area (Å²) in [7, 11) is 0. The van der Waals surface area contributed by atoms with E-state index < -0.39 is 0 Å². The van der Waals surface area contributed by atoms with Crippen LogP contribution in [0.25, 0.3) is 0 Å². The molecule has 0 heterocycles. The molecule has 0 saturated heterocycles. The van der Waals surface area contributed by atoms with Crippen molar-refractivity contribution in [2.24, 2.45) is 11.8 Å². The summed E-state index contributed by atoms with van der Waals surface area (Å²) >= 11 is 0. The summed E-state index contributed by atoms with van der Waals surface area (Å²) in [5.41, 5.74) is 0. The number of hydrogen-bond donors (Lipinski definition) is 0. The fraction of sp³-hybridized carbons (Fsp3) is 1.00. The maximum absolute atomic E-state index is 1.56. The SMILES string of the molecule is C1CC(CCC2CC2)C1. The second-order valence-electron chi connectivity index (χ2n) is 3.82. The maximum Gasteiger partial charge on any atom is -0.0414 e. The van der Waals surface area contributed by atoms with Gasteiger partial charge in [-0.25, -0.2) is 0 Å². The average Bonchev–Trinajstić information content (AvgIpc) is 2.44. The van der Waals surface area contributed by atoms with Gasteiger partial charge in [0.1, 0.15) is 0 Å². The first-order valence-electron chi connectivity index (χ1n) is 4.45. The number of rotatable bonds is 3. The third kappa shape index (κ3) is 1.47. The van der Waals surface area contributed by atoms with Crippen LogP contribution in [0.5, 0.6) is 0 Å². The summed E-state index contributed by atoms with van der Waals surface area (Å²) in [4.78, 5) is 0. The highest BCUT2D eigenvalue weighted by atomic mass is 14.3. The van der Waals surface area contributed by atoms with Crippen LogP contribution in [0.2, 0.25) is 0 Å². The van der Waals surface area contributed by atoms with Gasteiger partial charge in [-0.1, -0.05) is 44.9 Å². The molecule has 0 aliphatic heterocycles. The lowest BCUT2D eigenvalue weighted by molar-refractivity contribution is 0.285. The van der Waals surface area contributed by atoms with Crippen LogP contribution in [-0.2, 0) is 0 Å².